The summed E-state index contributed by atoms with van der Waals surface area (Å²) in [6.45, 7) is -0.0860. The van der Waals surface area contributed by atoms with Crippen molar-refractivity contribution in [3.63, 3.8) is 0 Å². The summed E-state index contributed by atoms with van der Waals surface area (Å²) in [6.07, 6.45) is 0. The average molecular weight is 214 g/mol. The molecule has 0 radical (unpaired) electrons. The van der Waals surface area contributed by atoms with Crippen molar-refractivity contribution < 1.29 is 19.4 Å². The van der Waals surface area contributed by atoms with Crippen LogP contribution in [0, 0.1) is 5.82 Å². The number of carbonyl (C=O) groups is 1. The predicted octanol–water partition coefficient (Wildman–Crippen LogP) is 0.188. The molecule has 1 aromatic carbocycles. The number of hydrogen-bond donors (Lipinski definition) is 4. The van der Waals surface area contributed by atoms with Crippen LogP contribution in [-0.4, -0.2) is 22.7 Å². The molecular weight excluding hydrogens is 203 g/mol. The maximum absolute atomic E-state index is 13.0. The quantitative estimate of drug-likeness (QED) is 0.574. The Morgan fingerprint density at radius 2 is 2.13 bits per heavy atom. The Labute approximate surface area is 85.1 Å². The number of phenolic OH excluding ortho intramolecular Hbond substituents is 1. The number of carboxylic acid groups (broad SMARTS) is 1. The molecular formula is C9H11FN2O3. The SMILES string of the molecule is NC[C@H](N)c1c(C(=O)O)ccc(F)c1O. The minimum Gasteiger partial charge on any atom is -0.505 e. The van der Waals surface area contributed by atoms with Crippen LogP contribution in [0.5, 0.6) is 5.75 Å². The number of rotatable bonds is 3. The minimum absolute atomic E-state index is 0.0860. The lowest BCUT2D eigenvalue weighted by molar-refractivity contribution is 0.0694. The number of aromatic hydroxyl groups is 1. The van der Waals surface area contributed by atoms with E-state index in [1.165, 1.54) is 0 Å². The number of benzene rings is 1. The first-order valence-electron chi connectivity index (χ1n) is 4.19. The van der Waals surface area contributed by atoms with Crippen molar-refractivity contribution in [3.05, 3.63) is 29.1 Å². The highest BCUT2D eigenvalue weighted by Crippen LogP contribution is 2.29. The van der Waals surface area contributed by atoms with Gasteiger partial charge in [-0.3, -0.25) is 0 Å². The predicted molar refractivity (Wildman–Crippen MR) is 51.0 cm³/mol. The van der Waals surface area contributed by atoms with Crippen molar-refractivity contribution in [3.8, 4) is 5.75 Å². The Kier molecular flexibility index (Phi) is 3.23. The lowest BCUT2D eigenvalue weighted by Crippen LogP contribution is -2.23. The Hall–Kier alpha value is -1.66. The molecule has 6 N–H and O–H groups in total. The minimum atomic E-state index is -1.29. The van der Waals surface area contributed by atoms with E-state index < -0.39 is 23.6 Å². The van der Waals surface area contributed by atoms with Crippen LogP contribution >= 0.6 is 0 Å². The third-order valence-corrected chi connectivity index (χ3v) is 2.02. The van der Waals surface area contributed by atoms with Crippen molar-refractivity contribution in [1.82, 2.24) is 0 Å². The van der Waals surface area contributed by atoms with E-state index in [1.54, 1.807) is 0 Å². The van der Waals surface area contributed by atoms with E-state index in [2.05, 4.69) is 0 Å². The van der Waals surface area contributed by atoms with Crippen LogP contribution in [0.1, 0.15) is 22.0 Å². The summed E-state index contributed by atoms with van der Waals surface area (Å²) < 4.78 is 13.0. The Morgan fingerprint density at radius 1 is 1.53 bits per heavy atom. The largest absolute Gasteiger partial charge is 0.505 e. The number of carboxylic acids is 1. The van der Waals surface area contributed by atoms with Crippen LogP contribution in [-0.2, 0) is 0 Å². The van der Waals surface area contributed by atoms with E-state index in [0.29, 0.717) is 0 Å². The van der Waals surface area contributed by atoms with Gasteiger partial charge in [0.05, 0.1) is 5.56 Å². The molecule has 0 saturated heterocycles. The van der Waals surface area contributed by atoms with Crippen molar-refractivity contribution in [2.75, 3.05) is 6.54 Å². The Balaban J connectivity index is 3.41. The first-order valence-corrected chi connectivity index (χ1v) is 4.19. The standard InChI is InChI=1S/C9H11FN2O3/c10-5-2-1-4(9(14)15)7(8(5)13)6(12)3-11/h1-2,6,13H,3,11-12H2,(H,14,15)/t6-/m0/s1. The topological polar surface area (TPSA) is 110 Å². The van der Waals surface area contributed by atoms with E-state index in [4.69, 9.17) is 16.6 Å². The molecule has 1 aromatic rings. The fourth-order valence-electron chi connectivity index (χ4n) is 1.26. The van der Waals surface area contributed by atoms with Crippen molar-refractivity contribution in [2.24, 2.45) is 11.5 Å². The normalized spacial score (nSPS) is 12.5. The van der Waals surface area contributed by atoms with Gasteiger partial charge in [0.25, 0.3) is 0 Å². The number of nitrogens with two attached hydrogens (primary N) is 2. The second kappa shape index (κ2) is 4.24. The van der Waals surface area contributed by atoms with Crippen molar-refractivity contribution in [1.29, 1.82) is 0 Å². The van der Waals surface area contributed by atoms with Crippen LogP contribution in [0.3, 0.4) is 0 Å². The first-order chi connectivity index (χ1) is 6.99. The van der Waals surface area contributed by atoms with E-state index >= 15 is 0 Å². The summed E-state index contributed by atoms with van der Waals surface area (Å²) in [5.41, 5.74) is 10.3. The highest BCUT2D eigenvalue weighted by Gasteiger charge is 2.21. The average Bonchev–Trinajstić information content (AvgIpc) is 2.20. The third-order valence-electron chi connectivity index (χ3n) is 2.02. The second-order valence-electron chi connectivity index (χ2n) is 3.00. The zero-order valence-corrected chi connectivity index (χ0v) is 7.77. The van der Waals surface area contributed by atoms with Gasteiger partial charge in [0.15, 0.2) is 11.6 Å². The fraction of sp³-hybridized carbons (Fsp3) is 0.222. The molecule has 0 fully saturated rings. The third kappa shape index (κ3) is 2.05. The van der Waals surface area contributed by atoms with Crippen LogP contribution in [0.4, 0.5) is 4.39 Å². The van der Waals surface area contributed by atoms with Crippen LogP contribution in [0.2, 0.25) is 0 Å². The summed E-state index contributed by atoms with van der Waals surface area (Å²) in [7, 11) is 0. The van der Waals surface area contributed by atoms with Crippen molar-refractivity contribution in [2.45, 2.75) is 6.04 Å². The van der Waals surface area contributed by atoms with Gasteiger partial charge in [-0.2, -0.15) is 0 Å². The lowest BCUT2D eigenvalue weighted by Gasteiger charge is -2.14. The van der Waals surface area contributed by atoms with E-state index in [0.717, 1.165) is 12.1 Å². The van der Waals surface area contributed by atoms with Crippen molar-refractivity contribution >= 4 is 5.97 Å². The lowest BCUT2D eigenvalue weighted by atomic mass is 9.99. The Morgan fingerprint density at radius 3 is 2.60 bits per heavy atom. The van der Waals surface area contributed by atoms with Gasteiger partial charge in [-0.05, 0) is 12.1 Å². The first kappa shape index (κ1) is 11.4. The molecule has 0 unspecified atom stereocenters. The molecule has 6 heteroatoms. The smallest absolute Gasteiger partial charge is 0.336 e. The van der Waals surface area contributed by atoms with Gasteiger partial charge in [0, 0.05) is 18.2 Å². The molecule has 15 heavy (non-hydrogen) atoms. The van der Waals surface area contributed by atoms with Gasteiger partial charge >= 0.3 is 5.97 Å². The van der Waals surface area contributed by atoms with Crippen LogP contribution < -0.4 is 11.5 Å². The van der Waals surface area contributed by atoms with Crippen LogP contribution in [0.15, 0.2) is 12.1 Å². The molecule has 0 saturated carbocycles. The molecule has 0 aliphatic heterocycles. The molecule has 0 aromatic heterocycles. The zero-order valence-electron chi connectivity index (χ0n) is 7.77. The molecule has 1 atom stereocenters. The monoisotopic (exact) mass is 214 g/mol. The summed E-state index contributed by atoms with van der Waals surface area (Å²) in [6, 6.07) is 1.00. The number of halogens is 1. The van der Waals surface area contributed by atoms with Gasteiger partial charge in [-0.25, -0.2) is 9.18 Å². The molecule has 1 rings (SSSR count). The Bertz CT molecular complexity index is 395. The molecule has 0 bridgehead atoms. The number of hydrogen-bond acceptors (Lipinski definition) is 4. The number of aromatic carboxylic acids is 1. The summed E-state index contributed by atoms with van der Waals surface area (Å²) in [4.78, 5) is 10.8. The molecule has 5 nitrogen and oxygen atoms in total. The van der Waals surface area contributed by atoms with Gasteiger partial charge in [0.2, 0.25) is 0 Å². The number of phenols is 1. The maximum atomic E-state index is 13.0. The zero-order chi connectivity index (χ0) is 11.6. The highest BCUT2D eigenvalue weighted by molar-refractivity contribution is 5.90. The molecule has 0 amide bonds. The van der Waals surface area contributed by atoms with Gasteiger partial charge in [0.1, 0.15) is 0 Å². The van der Waals surface area contributed by atoms with E-state index in [-0.39, 0.29) is 17.7 Å². The molecule has 0 aliphatic carbocycles. The second-order valence-corrected chi connectivity index (χ2v) is 3.00. The molecule has 0 spiro atoms. The summed E-state index contributed by atoms with van der Waals surface area (Å²) in [5, 5.41) is 18.2. The van der Waals surface area contributed by atoms with Gasteiger partial charge in [-0.1, -0.05) is 0 Å². The highest BCUT2D eigenvalue weighted by atomic mass is 19.1. The molecule has 82 valence electrons. The van der Waals surface area contributed by atoms with Crippen LogP contribution in [0.25, 0.3) is 0 Å². The summed E-state index contributed by atoms with van der Waals surface area (Å²) >= 11 is 0. The van der Waals surface area contributed by atoms with Gasteiger partial charge < -0.3 is 21.7 Å². The molecule has 0 aliphatic rings. The maximum Gasteiger partial charge on any atom is 0.336 e. The van der Waals surface area contributed by atoms with Gasteiger partial charge in [-0.15, -0.1) is 0 Å². The van der Waals surface area contributed by atoms with E-state index in [1.807, 2.05) is 0 Å². The fourth-order valence-corrected chi connectivity index (χ4v) is 1.26. The van der Waals surface area contributed by atoms with E-state index in [9.17, 15) is 14.3 Å². The summed E-state index contributed by atoms with van der Waals surface area (Å²) in [5.74, 6) is -2.96. The molecule has 0 heterocycles.